The number of benzene rings is 1. The van der Waals surface area contributed by atoms with Crippen molar-refractivity contribution in [3.05, 3.63) is 58.5 Å². The van der Waals surface area contributed by atoms with Crippen LogP contribution in [0.25, 0.3) is 11.3 Å². The van der Waals surface area contributed by atoms with Crippen molar-refractivity contribution in [1.29, 1.82) is 5.26 Å². The van der Waals surface area contributed by atoms with Gasteiger partial charge in [0.05, 0.1) is 23.0 Å². The Morgan fingerprint density at radius 3 is 2.93 bits per heavy atom. The van der Waals surface area contributed by atoms with Gasteiger partial charge in [-0.1, -0.05) is 11.6 Å². The molecule has 2 aromatic heterocycles. The number of amides is 1. The predicted molar refractivity (Wildman–Crippen MR) is 97.7 cm³/mol. The van der Waals surface area contributed by atoms with E-state index < -0.39 is 5.82 Å². The maximum atomic E-state index is 13.9. The number of nitrogens with zero attached hydrogens (tertiary/aromatic N) is 4. The average Bonchev–Trinajstić information content (AvgIpc) is 3.28. The minimum absolute atomic E-state index is 0.0391. The Bertz CT molecular complexity index is 1010. The molecule has 7 nitrogen and oxygen atoms in total. The topological polar surface area (TPSA) is 99.4 Å². The molecule has 2 N–H and O–H groups in total. The fraction of sp³-hybridized carbons (Fsp3) is 0.222. The standard InChI is InChI=1S/C18H16ClFN6O/c1-10(8-23-18(27)17-9-22-11(2)24-17)26-4-3-16(25-26)12-5-14(19)13(7-21)15(20)6-12/h3-6,9-10H,8H2,1-2H3,(H,22,24)(H,23,27)/t10-/m0/s1. The van der Waals surface area contributed by atoms with E-state index in [1.807, 2.05) is 6.92 Å². The highest BCUT2D eigenvalue weighted by atomic mass is 35.5. The van der Waals surface area contributed by atoms with E-state index in [2.05, 4.69) is 20.4 Å². The van der Waals surface area contributed by atoms with Crippen molar-refractivity contribution in [2.45, 2.75) is 19.9 Å². The molecule has 1 atom stereocenters. The molecule has 0 saturated heterocycles. The number of carbonyl (C=O) groups is 1. The lowest BCUT2D eigenvalue weighted by molar-refractivity contribution is 0.0943. The number of halogens is 2. The lowest BCUT2D eigenvalue weighted by Gasteiger charge is -2.13. The first-order valence-corrected chi connectivity index (χ1v) is 8.51. The van der Waals surface area contributed by atoms with Crippen LogP contribution in [0.5, 0.6) is 0 Å². The van der Waals surface area contributed by atoms with Crippen molar-refractivity contribution < 1.29 is 9.18 Å². The molecule has 0 aliphatic rings. The van der Waals surface area contributed by atoms with Gasteiger partial charge in [0.1, 0.15) is 29.0 Å². The molecule has 27 heavy (non-hydrogen) atoms. The number of rotatable bonds is 5. The first-order valence-electron chi connectivity index (χ1n) is 8.13. The molecule has 3 aromatic rings. The van der Waals surface area contributed by atoms with Gasteiger partial charge in [-0.05, 0) is 32.0 Å². The molecule has 0 radical (unpaired) electrons. The Morgan fingerprint density at radius 2 is 2.30 bits per heavy atom. The number of hydrogen-bond donors (Lipinski definition) is 2. The van der Waals surface area contributed by atoms with Gasteiger partial charge in [-0.3, -0.25) is 9.48 Å². The zero-order valence-corrected chi connectivity index (χ0v) is 15.4. The zero-order chi connectivity index (χ0) is 19.6. The van der Waals surface area contributed by atoms with Crippen LogP contribution in [0.15, 0.2) is 30.6 Å². The maximum absolute atomic E-state index is 13.9. The van der Waals surface area contributed by atoms with Crippen LogP contribution in [-0.2, 0) is 0 Å². The molecule has 9 heteroatoms. The molecule has 2 heterocycles. The predicted octanol–water partition coefficient (Wildman–Crippen LogP) is 3.24. The molecule has 0 aliphatic carbocycles. The highest BCUT2D eigenvalue weighted by Gasteiger charge is 2.15. The monoisotopic (exact) mass is 386 g/mol. The summed E-state index contributed by atoms with van der Waals surface area (Å²) in [4.78, 5) is 18.9. The molecule has 3 rings (SSSR count). The van der Waals surface area contributed by atoms with E-state index in [4.69, 9.17) is 16.9 Å². The number of H-pyrrole nitrogens is 1. The van der Waals surface area contributed by atoms with Crippen LogP contribution in [0.3, 0.4) is 0 Å². The van der Waals surface area contributed by atoms with E-state index in [9.17, 15) is 9.18 Å². The normalized spacial score (nSPS) is 11.8. The van der Waals surface area contributed by atoms with Gasteiger partial charge in [-0.25, -0.2) is 9.37 Å². The molecule has 0 unspecified atom stereocenters. The summed E-state index contributed by atoms with van der Waals surface area (Å²) in [7, 11) is 0. The van der Waals surface area contributed by atoms with Crippen LogP contribution in [0.1, 0.15) is 34.8 Å². The summed E-state index contributed by atoms with van der Waals surface area (Å²) in [6, 6.07) is 6.04. The smallest absolute Gasteiger partial charge is 0.269 e. The molecule has 0 saturated carbocycles. The third-order valence-electron chi connectivity index (χ3n) is 4.02. The summed E-state index contributed by atoms with van der Waals surface area (Å²) in [6.07, 6.45) is 3.21. The number of nitrogens with one attached hydrogen (secondary N) is 2. The van der Waals surface area contributed by atoms with E-state index in [0.717, 1.165) is 0 Å². The van der Waals surface area contributed by atoms with Crippen LogP contribution in [0.2, 0.25) is 5.02 Å². The fourth-order valence-electron chi connectivity index (χ4n) is 2.53. The largest absolute Gasteiger partial charge is 0.349 e. The third-order valence-corrected chi connectivity index (χ3v) is 4.31. The van der Waals surface area contributed by atoms with Crippen LogP contribution in [-0.4, -0.2) is 32.2 Å². The highest BCUT2D eigenvalue weighted by Crippen LogP contribution is 2.27. The number of aromatic amines is 1. The number of carbonyl (C=O) groups excluding carboxylic acids is 1. The quantitative estimate of drug-likeness (QED) is 0.703. The van der Waals surface area contributed by atoms with E-state index in [-0.39, 0.29) is 22.5 Å². The van der Waals surface area contributed by atoms with Gasteiger partial charge >= 0.3 is 0 Å². The number of imidazole rings is 1. The molecule has 138 valence electrons. The van der Waals surface area contributed by atoms with Gasteiger partial charge in [-0.2, -0.15) is 10.4 Å². The molecule has 0 spiro atoms. The van der Waals surface area contributed by atoms with Crippen molar-refractivity contribution in [1.82, 2.24) is 25.1 Å². The molecule has 0 fully saturated rings. The molecular weight excluding hydrogens is 371 g/mol. The van der Waals surface area contributed by atoms with Crippen LogP contribution >= 0.6 is 11.6 Å². The van der Waals surface area contributed by atoms with E-state index in [1.54, 1.807) is 29.9 Å². The minimum atomic E-state index is -0.690. The molecule has 1 amide bonds. The first kappa shape index (κ1) is 18.6. The van der Waals surface area contributed by atoms with E-state index in [0.29, 0.717) is 29.3 Å². The molecular formula is C18H16ClFN6O. The van der Waals surface area contributed by atoms with Crippen LogP contribution in [0.4, 0.5) is 4.39 Å². The van der Waals surface area contributed by atoms with Crippen molar-refractivity contribution >= 4 is 17.5 Å². The second kappa shape index (κ2) is 7.60. The fourth-order valence-corrected chi connectivity index (χ4v) is 2.78. The average molecular weight is 387 g/mol. The van der Waals surface area contributed by atoms with Gasteiger partial charge < -0.3 is 10.3 Å². The minimum Gasteiger partial charge on any atom is -0.349 e. The number of aryl methyl sites for hydroxylation is 1. The lowest BCUT2D eigenvalue weighted by Crippen LogP contribution is -2.30. The third kappa shape index (κ3) is 3.99. The Balaban J connectivity index is 1.70. The SMILES string of the molecule is Cc1ncc(C(=O)NC[C@H](C)n2ccc(-c3cc(F)c(C#N)c(Cl)c3)n2)[nH]1. The molecule has 0 aliphatic heterocycles. The zero-order valence-electron chi connectivity index (χ0n) is 14.6. The molecule has 0 bridgehead atoms. The Hall–Kier alpha value is -3.18. The summed E-state index contributed by atoms with van der Waals surface area (Å²) in [5.41, 5.74) is 1.19. The second-order valence-electron chi connectivity index (χ2n) is 6.05. The van der Waals surface area contributed by atoms with Crippen molar-refractivity contribution in [3.8, 4) is 17.3 Å². The van der Waals surface area contributed by atoms with Crippen LogP contribution in [0, 0.1) is 24.1 Å². The van der Waals surface area contributed by atoms with Gasteiger partial charge in [0.15, 0.2) is 0 Å². The Kier molecular flexibility index (Phi) is 5.23. The summed E-state index contributed by atoms with van der Waals surface area (Å²) in [5, 5.41) is 16.1. The van der Waals surface area contributed by atoms with Crippen molar-refractivity contribution in [2.75, 3.05) is 6.54 Å². The second-order valence-corrected chi connectivity index (χ2v) is 6.46. The maximum Gasteiger partial charge on any atom is 0.269 e. The van der Waals surface area contributed by atoms with E-state index >= 15 is 0 Å². The molecule has 1 aromatic carbocycles. The van der Waals surface area contributed by atoms with Crippen molar-refractivity contribution in [2.24, 2.45) is 0 Å². The number of nitriles is 1. The first-order chi connectivity index (χ1) is 12.9. The summed E-state index contributed by atoms with van der Waals surface area (Å²) in [6.45, 7) is 4.00. The summed E-state index contributed by atoms with van der Waals surface area (Å²) in [5.74, 6) is -0.279. The van der Waals surface area contributed by atoms with Gasteiger partial charge in [0.2, 0.25) is 0 Å². The van der Waals surface area contributed by atoms with Gasteiger partial charge in [0.25, 0.3) is 5.91 Å². The Morgan fingerprint density at radius 1 is 1.52 bits per heavy atom. The summed E-state index contributed by atoms with van der Waals surface area (Å²) >= 11 is 5.95. The Labute approximate surface area is 159 Å². The van der Waals surface area contributed by atoms with Crippen LogP contribution < -0.4 is 5.32 Å². The number of hydrogen-bond acceptors (Lipinski definition) is 4. The van der Waals surface area contributed by atoms with E-state index in [1.165, 1.54) is 18.3 Å². The number of aromatic nitrogens is 4. The van der Waals surface area contributed by atoms with Gasteiger partial charge in [0, 0.05) is 18.3 Å². The van der Waals surface area contributed by atoms with Crippen molar-refractivity contribution in [3.63, 3.8) is 0 Å². The lowest BCUT2D eigenvalue weighted by atomic mass is 10.1. The summed E-state index contributed by atoms with van der Waals surface area (Å²) < 4.78 is 15.6. The van der Waals surface area contributed by atoms with Gasteiger partial charge in [-0.15, -0.1) is 0 Å². The highest BCUT2D eigenvalue weighted by molar-refractivity contribution is 6.32.